The van der Waals surface area contributed by atoms with E-state index in [0.29, 0.717) is 11.6 Å². The molecule has 3 aliphatic rings. The van der Waals surface area contributed by atoms with Crippen molar-refractivity contribution in [2.45, 2.75) is 43.4 Å². The second-order valence-electron chi connectivity index (χ2n) is 8.69. The van der Waals surface area contributed by atoms with E-state index in [1.54, 1.807) is 6.20 Å². The summed E-state index contributed by atoms with van der Waals surface area (Å²) in [6, 6.07) is 12.1. The van der Waals surface area contributed by atoms with Gasteiger partial charge < -0.3 is 15.2 Å². The highest BCUT2D eigenvalue weighted by Crippen LogP contribution is 2.51. The summed E-state index contributed by atoms with van der Waals surface area (Å²) in [5, 5.41) is 3.19. The number of nitrogens with zero attached hydrogens (tertiary/aromatic N) is 1. The third-order valence-electron chi connectivity index (χ3n) is 6.92. The molecule has 2 amide bonds. The molecule has 2 N–H and O–H groups in total. The second kappa shape index (κ2) is 6.80. The molecule has 28 heavy (non-hydrogen) atoms. The van der Waals surface area contributed by atoms with Crippen molar-refractivity contribution >= 4 is 11.8 Å². The number of hydrogen-bond acceptors (Lipinski definition) is 2. The maximum atomic E-state index is 12.9. The Morgan fingerprint density at radius 1 is 1.11 bits per heavy atom. The highest BCUT2D eigenvalue weighted by atomic mass is 16.2. The zero-order valence-corrected chi connectivity index (χ0v) is 16.1. The van der Waals surface area contributed by atoms with Gasteiger partial charge in [-0.2, -0.15) is 0 Å². The summed E-state index contributed by atoms with van der Waals surface area (Å²) >= 11 is 0. The SMILES string of the molecule is O=C(NCC1CC1)[C@@H]1CC2(CCN(C(=O)c3ccc[nH]3)CC2)c2ccccc21. The van der Waals surface area contributed by atoms with E-state index in [1.807, 2.05) is 23.1 Å². The number of nitrogens with one attached hydrogen (secondary N) is 2. The lowest BCUT2D eigenvalue weighted by molar-refractivity contribution is -0.122. The Bertz CT molecular complexity index is 877. The molecule has 2 fully saturated rings. The van der Waals surface area contributed by atoms with Crippen LogP contribution in [-0.4, -0.2) is 41.3 Å². The van der Waals surface area contributed by atoms with Crippen molar-refractivity contribution < 1.29 is 9.59 Å². The number of rotatable bonds is 4. The van der Waals surface area contributed by atoms with Gasteiger partial charge in [0.05, 0.1) is 5.92 Å². The Morgan fingerprint density at radius 3 is 2.61 bits per heavy atom. The molecule has 2 heterocycles. The van der Waals surface area contributed by atoms with E-state index in [9.17, 15) is 9.59 Å². The number of fused-ring (bicyclic) bond motifs is 2. The second-order valence-corrected chi connectivity index (χ2v) is 8.69. The highest BCUT2D eigenvalue weighted by molar-refractivity contribution is 5.92. The van der Waals surface area contributed by atoms with E-state index in [0.717, 1.165) is 38.9 Å². The van der Waals surface area contributed by atoms with Gasteiger partial charge >= 0.3 is 0 Å². The molecule has 1 atom stereocenters. The lowest BCUT2D eigenvalue weighted by Crippen LogP contribution is -2.44. The van der Waals surface area contributed by atoms with Crippen LogP contribution in [0.3, 0.4) is 0 Å². The third kappa shape index (κ3) is 3.03. The van der Waals surface area contributed by atoms with Crippen molar-refractivity contribution in [3.8, 4) is 0 Å². The summed E-state index contributed by atoms with van der Waals surface area (Å²) in [7, 11) is 0. The van der Waals surface area contributed by atoms with Crippen molar-refractivity contribution in [1.82, 2.24) is 15.2 Å². The Morgan fingerprint density at radius 2 is 1.89 bits per heavy atom. The molecule has 1 saturated heterocycles. The van der Waals surface area contributed by atoms with Crippen LogP contribution < -0.4 is 5.32 Å². The van der Waals surface area contributed by atoms with Gasteiger partial charge in [-0.3, -0.25) is 9.59 Å². The van der Waals surface area contributed by atoms with E-state index in [-0.39, 0.29) is 23.1 Å². The summed E-state index contributed by atoms with van der Waals surface area (Å²) in [5.41, 5.74) is 3.19. The number of aromatic nitrogens is 1. The molecule has 0 radical (unpaired) electrons. The van der Waals surface area contributed by atoms with Gasteiger partial charge in [-0.15, -0.1) is 0 Å². The summed E-state index contributed by atoms with van der Waals surface area (Å²) < 4.78 is 0. The maximum Gasteiger partial charge on any atom is 0.270 e. The smallest absolute Gasteiger partial charge is 0.270 e. The largest absolute Gasteiger partial charge is 0.357 e. The molecule has 2 aromatic rings. The monoisotopic (exact) mass is 377 g/mol. The molecule has 5 rings (SSSR count). The van der Waals surface area contributed by atoms with Crippen molar-refractivity contribution in [1.29, 1.82) is 0 Å². The fraction of sp³-hybridized carbons (Fsp3) is 0.478. The topological polar surface area (TPSA) is 65.2 Å². The van der Waals surface area contributed by atoms with Crippen LogP contribution in [0.25, 0.3) is 0 Å². The minimum absolute atomic E-state index is 0.0185. The van der Waals surface area contributed by atoms with Gasteiger partial charge in [0, 0.05) is 31.2 Å². The summed E-state index contributed by atoms with van der Waals surface area (Å²) in [4.78, 5) is 30.5. The van der Waals surface area contributed by atoms with E-state index in [1.165, 1.54) is 24.0 Å². The number of amides is 2. The zero-order valence-electron chi connectivity index (χ0n) is 16.1. The van der Waals surface area contributed by atoms with Crippen LogP contribution in [0.4, 0.5) is 0 Å². The fourth-order valence-electron chi connectivity index (χ4n) is 5.06. The Hall–Kier alpha value is -2.56. The lowest BCUT2D eigenvalue weighted by Gasteiger charge is -2.40. The molecule has 1 aliphatic heterocycles. The van der Waals surface area contributed by atoms with E-state index in [2.05, 4.69) is 28.5 Å². The van der Waals surface area contributed by atoms with Crippen LogP contribution in [0.1, 0.15) is 59.6 Å². The van der Waals surface area contributed by atoms with Crippen molar-refractivity contribution in [3.05, 3.63) is 59.4 Å². The number of carbonyl (C=O) groups excluding carboxylic acids is 2. The minimum atomic E-state index is -0.0550. The Labute approximate surface area is 165 Å². The van der Waals surface area contributed by atoms with Gasteiger partial charge in [0.2, 0.25) is 5.91 Å². The van der Waals surface area contributed by atoms with E-state index < -0.39 is 0 Å². The highest BCUT2D eigenvalue weighted by Gasteiger charge is 2.48. The van der Waals surface area contributed by atoms with Crippen molar-refractivity contribution in [3.63, 3.8) is 0 Å². The fourth-order valence-corrected chi connectivity index (χ4v) is 5.06. The number of likely N-dealkylation sites (tertiary alicyclic amines) is 1. The molecule has 146 valence electrons. The Kier molecular flexibility index (Phi) is 4.26. The van der Waals surface area contributed by atoms with E-state index >= 15 is 0 Å². The molecule has 2 aliphatic carbocycles. The molecule has 1 spiro atoms. The van der Waals surface area contributed by atoms with Crippen LogP contribution in [-0.2, 0) is 10.2 Å². The first-order chi connectivity index (χ1) is 13.7. The number of benzene rings is 1. The molecule has 5 nitrogen and oxygen atoms in total. The van der Waals surface area contributed by atoms with Gasteiger partial charge in [-0.05, 0) is 61.3 Å². The van der Waals surface area contributed by atoms with Crippen molar-refractivity contribution in [2.75, 3.05) is 19.6 Å². The minimum Gasteiger partial charge on any atom is -0.357 e. The van der Waals surface area contributed by atoms with Crippen LogP contribution >= 0.6 is 0 Å². The van der Waals surface area contributed by atoms with Crippen molar-refractivity contribution in [2.24, 2.45) is 5.92 Å². The molecule has 1 saturated carbocycles. The zero-order chi connectivity index (χ0) is 19.1. The van der Waals surface area contributed by atoms with Gasteiger partial charge in [-0.1, -0.05) is 24.3 Å². The molecular weight excluding hydrogens is 350 g/mol. The normalized spacial score (nSPS) is 22.9. The average Bonchev–Trinajstić information content (AvgIpc) is 3.29. The summed E-state index contributed by atoms with van der Waals surface area (Å²) in [5.74, 6) is 0.892. The maximum absolute atomic E-state index is 12.9. The lowest BCUT2D eigenvalue weighted by atomic mass is 9.73. The Balaban J connectivity index is 1.32. The average molecular weight is 377 g/mol. The molecule has 1 aromatic carbocycles. The van der Waals surface area contributed by atoms with Crippen LogP contribution in [0, 0.1) is 5.92 Å². The predicted molar refractivity (Wildman–Crippen MR) is 107 cm³/mol. The number of hydrogen-bond donors (Lipinski definition) is 2. The standard InChI is InChI=1S/C23H27N3O2/c27-21(25-15-16-7-8-16)18-14-23(19-5-2-1-4-17(18)19)9-12-26(13-10-23)22(28)20-6-3-11-24-20/h1-6,11,16,18,24H,7-10,12-15H2,(H,25,27)/t18-/m1/s1. The summed E-state index contributed by atoms with van der Waals surface area (Å²) in [6.45, 7) is 2.30. The van der Waals surface area contributed by atoms with Gasteiger partial charge in [0.25, 0.3) is 5.91 Å². The number of aromatic amines is 1. The first kappa shape index (κ1) is 17.5. The van der Waals surface area contributed by atoms with Crippen LogP contribution in [0.5, 0.6) is 0 Å². The number of carbonyl (C=O) groups is 2. The molecular formula is C23H27N3O2. The molecule has 5 heteroatoms. The predicted octanol–water partition coefficient (Wildman–Crippen LogP) is 3.20. The van der Waals surface area contributed by atoms with Crippen LogP contribution in [0.2, 0.25) is 0 Å². The molecule has 1 aromatic heterocycles. The first-order valence-corrected chi connectivity index (χ1v) is 10.5. The molecule has 0 unspecified atom stereocenters. The summed E-state index contributed by atoms with van der Waals surface area (Å²) in [6.07, 6.45) is 6.99. The first-order valence-electron chi connectivity index (χ1n) is 10.5. The van der Waals surface area contributed by atoms with Crippen LogP contribution in [0.15, 0.2) is 42.6 Å². The van der Waals surface area contributed by atoms with E-state index in [4.69, 9.17) is 0 Å². The van der Waals surface area contributed by atoms with Gasteiger partial charge in [0.1, 0.15) is 5.69 Å². The quantitative estimate of drug-likeness (QED) is 0.859. The molecule has 0 bridgehead atoms. The third-order valence-corrected chi connectivity index (χ3v) is 6.92. The number of H-pyrrole nitrogens is 1. The van der Waals surface area contributed by atoms with Gasteiger partial charge in [-0.25, -0.2) is 0 Å². The number of piperidine rings is 1. The van der Waals surface area contributed by atoms with Gasteiger partial charge in [0.15, 0.2) is 0 Å².